The van der Waals surface area contributed by atoms with Crippen molar-refractivity contribution in [2.75, 3.05) is 6.61 Å². The van der Waals surface area contributed by atoms with Crippen LogP contribution in [0.3, 0.4) is 0 Å². The van der Waals surface area contributed by atoms with Crippen LogP contribution in [-0.4, -0.2) is 6.61 Å². The lowest BCUT2D eigenvalue weighted by molar-refractivity contribution is 0.306. The highest BCUT2D eigenvalue weighted by molar-refractivity contribution is 9.10. The highest BCUT2D eigenvalue weighted by Crippen LogP contribution is 2.24. The van der Waals surface area contributed by atoms with Crippen molar-refractivity contribution in [3.63, 3.8) is 0 Å². The van der Waals surface area contributed by atoms with Crippen LogP contribution in [-0.2, 0) is 12.3 Å². The number of benzene rings is 2. The molecule has 1 nitrogen and oxygen atoms in total. The summed E-state index contributed by atoms with van der Waals surface area (Å²) in [6, 6.07) is 16.5. The Kier molecular flexibility index (Phi) is 6.41. The molecule has 0 radical (unpaired) electrons. The molecule has 3 heteroatoms. The number of ether oxygens (including phenoxy) is 1. The first-order valence-corrected chi connectivity index (χ1v) is 8.13. The summed E-state index contributed by atoms with van der Waals surface area (Å²) < 4.78 is 6.79. The first-order chi connectivity index (χ1) is 9.79. The van der Waals surface area contributed by atoms with Crippen LogP contribution >= 0.6 is 27.5 Å². The molecule has 0 aromatic heterocycles. The number of hydrogen-bond acceptors (Lipinski definition) is 1. The number of halogens is 2. The van der Waals surface area contributed by atoms with Crippen molar-refractivity contribution >= 4 is 27.5 Å². The van der Waals surface area contributed by atoms with Crippen molar-refractivity contribution in [1.29, 1.82) is 0 Å². The van der Waals surface area contributed by atoms with Gasteiger partial charge in [0.1, 0.15) is 5.75 Å². The fourth-order valence-corrected chi connectivity index (χ4v) is 2.78. The molecule has 2 aromatic rings. The van der Waals surface area contributed by atoms with Crippen LogP contribution in [0.2, 0.25) is 0 Å². The van der Waals surface area contributed by atoms with Crippen LogP contribution in [0.4, 0.5) is 0 Å². The van der Waals surface area contributed by atoms with Gasteiger partial charge >= 0.3 is 0 Å². The van der Waals surface area contributed by atoms with Gasteiger partial charge in [-0.1, -0.05) is 46.3 Å². The predicted octanol–water partition coefficient (Wildman–Crippen LogP) is 5.59. The molecule has 0 bridgehead atoms. The Morgan fingerprint density at radius 3 is 2.55 bits per heavy atom. The second kappa shape index (κ2) is 8.33. The van der Waals surface area contributed by atoms with E-state index < -0.39 is 0 Å². The van der Waals surface area contributed by atoms with Crippen molar-refractivity contribution in [2.45, 2.75) is 25.1 Å². The van der Waals surface area contributed by atoms with Gasteiger partial charge in [0, 0.05) is 10.4 Å². The summed E-state index contributed by atoms with van der Waals surface area (Å²) in [5, 5.41) is 0. The molecule has 0 saturated carbocycles. The molecule has 0 heterocycles. The smallest absolute Gasteiger partial charge is 0.119 e. The minimum Gasteiger partial charge on any atom is -0.494 e. The molecule has 0 N–H and O–H groups in total. The van der Waals surface area contributed by atoms with Crippen molar-refractivity contribution in [2.24, 2.45) is 0 Å². The summed E-state index contributed by atoms with van der Waals surface area (Å²) in [5.74, 6) is 1.38. The highest BCUT2D eigenvalue weighted by Gasteiger charge is 2.01. The number of aryl methyl sites for hydroxylation is 1. The quantitative estimate of drug-likeness (QED) is 0.466. The van der Waals surface area contributed by atoms with Crippen LogP contribution in [0.1, 0.15) is 24.0 Å². The molecule has 20 heavy (non-hydrogen) atoms. The minimum absolute atomic E-state index is 0.492. The molecule has 2 aromatic carbocycles. The van der Waals surface area contributed by atoms with E-state index in [4.69, 9.17) is 16.3 Å². The van der Waals surface area contributed by atoms with Crippen LogP contribution in [0.5, 0.6) is 5.75 Å². The van der Waals surface area contributed by atoms with E-state index in [0.29, 0.717) is 5.88 Å². The van der Waals surface area contributed by atoms with Gasteiger partial charge in [0.2, 0.25) is 0 Å². The maximum atomic E-state index is 5.87. The molecular weight excluding hydrogens is 336 g/mol. The molecule has 0 aliphatic rings. The molecule has 2 rings (SSSR count). The van der Waals surface area contributed by atoms with Gasteiger partial charge in [-0.25, -0.2) is 0 Å². The van der Waals surface area contributed by atoms with Crippen molar-refractivity contribution < 1.29 is 4.74 Å². The third kappa shape index (κ3) is 4.84. The normalized spacial score (nSPS) is 10.5. The van der Waals surface area contributed by atoms with Gasteiger partial charge in [-0.15, -0.1) is 11.6 Å². The average Bonchev–Trinajstić information content (AvgIpc) is 2.49. The Labute approximate surface area is 134 Å². The number of rotatable bonds is 7. The Morgan fingerprint density at radius 2 is 1.80 bits per heavy atom. The molecule has 0 saturated heterocycles. The zero-order valence-electron chi connectivity index (χ0n) is 11.3. The van der Waals surface area contributed by atoms with E-state index in [2.05, 4.69) is 46.3 Å². The molecule has 0 atom stereocenters. The van der Waals surface area contributed by atoms with Gasteiger partial charge < -0.3 is 4.74 Å². The molecule has 0 unspecified atom stereocenters. The lowest BCUT2D eigenvalue weighted by Gasteiger charge is -2.08. The lowest BCUT2D eigenvalue weighted by Crippen LogP contribution is -1.99. The Bertz CT molecular complexity index is 528. The summed E-state index contributed by atoms with van der Waals surface area (Å²) in [4.78, 5) is 0. The molecule has 0 spiro atoms. The van der Waals surface area contributed by atoms with Crippen molar-refractivity contribution in [1.82, 2.24) is 0 Å². The molecule has 106 valence electrons. The molecule has 0 fully saturated rings. The van der Waals surface area contributed by atoms with Gasteiger partial charge in [-0.2, -0.15) is 0 Å². The van der Waals surface area contributed by atoms with E-state index in [0.717, 1.165) is 41.7 Å². The van der Waals surface area contributed by atoms with Crippen LogP contribution in [0.15, 0.2) is 53.0 Å². The fraction of sp³-hybridized carbons (Fsp3) is 0.294. The second-order valence-corrected chi connectivity index (χ2v) is 5.80. The molecular formula is C17H18BrClO. The number of unbranched alkanes of at least 4 members (excludes halogenated alkanes) is 1. The summed E-state index contributed by atoms with van der Waals surface area (Å²) in [6.45, 7) is 0.746. The SMILES string of the molecule is ClCc1cc(OCCCCc2ccccc2)ccc1Br. The number of alkyl halides is 1. The fourth-order valence-electron chi connectivity index (χ4n) is 2.01. The summed E-state index contributed by atoms with van der Waals surface area (Å²) in [5.41, 5.74) is 2.45. The average molecular weight is 354 g/mol. The maximum absolute atomic E-state index is 5.87. The van der Waals surface area contributed by atoms with Gasteiger partial charge in [0.25, 0.3) is 0 Å². The monoisotopic (exact) mass is 352 g/mol. The van der Waals surface area contributed by atoms with Crippen molar-refractivity contribution in [3.05, 3.63) is 64.1 Å². The van der Waals surface area contributed by atoms with E-state index in [1.165, 1.54) is 5.56 Å². The number of hydrogen-bond donors (Lipinski definition) is 0. The summed E-state index contributed by atoms with van der Waals surface area (Å²) in [6.07, 6.45) is 3.31. The van der Waals surface area contributed by atoms with Gasteiger partial charge in [-0.3, -0.25) is 0 Å². The topological polar surface area (TPSA) is 9.23 Å². The van der Waals surface area contributed by atoms with Crippen LogP contribution < -0.4 is 4.74 Å². The lowest BCUT2D eigenvalue weighted by atomic mass is 10.1. The van der Waals surface area contributed by atoms with Crippen molar-refractivity contribution in [3.8, 4) is 5.75 Å². The largest absolute Gasteiger partial charge is 0.494 e. The molecule has 0 amide bonds. The third-order valence-electron chi connectivity index (χ3n) is 3.13. The molecule has 0 aliphatic carbocycles. The standard InChI is InChI=1S/C17H18BrClO/c18-17-10-9-16(12-15(17)13-19)20-11-5-4-8-14-6-2-1-3-7-14/h1-3,6-7,9-10,12H,4-5,8,11,13H2. The summed E-state index contributed by atoms with van der Waals surface area (Å²) >= 11 is 9.34. The van der Waals surface area contributed by atoms with Crippen LogP contribution in [0.25, 0.3) is 0 Å². The third-order valence-corrected chi connectivity index (χ3v) is 4.19. The van der Waals surface area contributed by atoms with Crippen LogP contribution in [0, 0.1) is 0 Å². The first-order valence-electron chi connectivity index (χ1n) is 6.80. The Balaban J connectivity index is 1.71. The maximum Gasteiger partial charge on any atom is 0.119 e. The van der Waals surface area contributed by atoms with Gasteiger partial charge in [0.15, 0.2) is 0 Å². The zero-order valence-corrected chi connectivity index (χ0v) is 13.7. The highest BCUT2D eigenvalue weighted by atomic mass is 79.9. The van der Waals surface area contributed by atoms with E-state index >= 15 is 0 Å². The zero-order chi connectivity index (χ0) is 14.2. The predicted molar refractivity (Wildman–Crippen MR) is 88.6 cm³/mol. The Morgan fingerprint density at radius 1 is 1.00 bits per heavy atom. The molecule has 0 aliphatic heterocycles. The van der Waals surface area contributed by atoms with Gasteiger partial charge in [0.05, 0.1) is 6.61 Å². The minimum atomic E-state index is 0.492. The van der Waals surface area contributed by atoms with E-state index in [9.17, 15) is 0 Å². The van der Waals surface area contributed by atoms with Gasteiger partial charge in [-0.05, 0) is 48.6 Å². The summed E-state index contributed by atoms with van der Waals surface area (Å²) in [7, 11) is 0. The Hall–Kier alpha value is -0.990. The van der Waals surface area contributed by atoms with E-state index in [1.54, 1.807) is 0 Å². The second-order valence-electron chi connectivity index (χ2n) is 4.68. The van der Waals surface area contributed by atoms with E-state index in [1.807, 2.05) is 18.2 Å². The first kappa shape index (κ1) is 15.4. The van der Waals surface area contributed by atoms with E-state index in [-0.39, 0.29) is 0 Å².